The highest BCUT2D eigenvalue weighted by molar-refractivity contribution is 7.90. The zero-order chi connectivity index (χ0) is 19.7. The maximum absolute atomic E-state index is 13.1. The molecule has 0 unspecified atom stereocenters. The van der Waals surface area contributed by atoms with Gasteiger partial charge in [0, 0.05) is 30.3 Å². The van der Waals surface area contributed by atoms with Crippen LogP contribution in [0.25, 0.3) is 22.2 Å². The van der Waals surface area contributed by atoms with Gasteiger partial charge in [0.2, 0.25) is 0 Å². The van der Waals surface area contributed by atoms with Crippen LogP contribution < -0.4 is 5.23 Å². The number of aryl methyl sites for hydroxylation is 1. The van der Waals surface area contributed by atoms with E-state index in [0.717, 1.165) is 27.1 Å². The van der Waals surface area contributed by atoms with E-state index in [1.165, 1.54) is 22.9 Å². The number of nitrogens with one attached hydrogen (secondary N) is 1. The molecule has 0 aliphatic rings. The van der Waals surface area contributed by atoms with Gasteiger partial charge in [0.15, 0.2) is 5.65 Å². The Morgan fingerprint density at radius 2 is 1.96 bits per heavy atom. The van der Waals surface area contributed by atoms with Gasteiger partial charge < -0.3 is 9.88 Å². The smallest absolute Gasteiger partial charge is 0.422 e. The number of benzene rings is 1. The quantitative estimate of drug-likeness (QED) is 0.488. The van der Waals surface area contributed by atoms with Crippen molar-refractivity contribution in [3.63, 3.8) is 0 Å². The molecular weight excluding hydrogens is 393 g/mol. The molecule has 0 amide bonds. The van der Waals surface area contributed by atoms with Gasteiger partial charge in [0.05, 0.1) is 9.90 Å². The summed E-state index contributed by atoms with van der Waals surface area (Å²) in [6.45, 7) is 1.92. The Hall–Kier alpha value is -2.62. The largest absolute Gasteiger partial charge is 0.436 e. The predicted molar refractivity (Wildman–Crippen MR) is 113 cm³/mol. The van der Waals surface area contributed by atoms with Gasteiger partial charge in [-0.1, -0.05) is 17.7 Å². The second-order valence-corrected chi connectivity index (χ2v) is 8.95. The van der Waals surface area contributed by atoms with Crippen molar-refractivity contribution in [2.45, 2.75) is 11.8 Å². The van der Waals surface area contributed by atoms with Crippen molar-refractivity contribution < 1.29 is 13.1 Å². The number of nitrogens with zero attached hydrogens (tertiary/aromatic N) is 2. The summed E-state index contributed by atoms with van der Waals surface area (Å²) < 4.78 is 32.3. The number of pyridine rings is 1. The number of anilines is 1. The third kappa shape index (κ3) is 3.32. The average molecular weight is 410 g/mol. The molecule has 0 saturated heterocycles. The fourth-order valence-electron chi connectivity index (χ4n) is 2.95. The van der Waals surface area contributed by atoms with Crippen LogP contribution in [0.5, 0.6) is 0 Å². The molecule has 28 heavy (non-hydrogen) atoms. The molecule has 0 spiro atoms. The third-order valence-electron chi connectivity index (χ3n) is 4.36. The lowest BCUT2D eigenvalue weighted by molar-refractivity contribution is 0.446. The number of hydrogen-bond donors (Lipinski definition) is 1. The highest BCUT2D eigenvalue weighted by Crippen LogP contribution is 2.34. The monoisotopic (exact) mass is 410 g/mol. The second-order valence-electron chi connectivity index (χ2n) is 6.22. The minimum atomic E-state index is -3.72. The van der Waals surface area contributed by atoms with E-state index in [9.17, 15) is 8.42 Å². The molecule has 0 atom stereocenters. The molecule has 0 saturated carbocycles. The average Bonchev–Trinajstić information content (AvgIpc) is 3.34. The number of thiophene rings is 1. The molecule has 1 radical (unpaired) electrons. The lowest BCUT2D eigenvalue weighted by Gasteiger charge is -2.08. The summed E-state index contributed by atoms with van der Waals surface area (Å²) in [7, 11) is -0.645. The first-order chi connectivity index (χ1) is 13.5. The van der Waals surface area contributed by atoms with Crippen LogP contribution in [0.4, 0.5) is 5.00 Å². The minimum absolute atomic E-state index is 0.236. The first-order valence-corrected chi connectivity index (χ1v) is 10.8. The van der Waals surface area contributed by atoms with Gasteiger partial charge in [0.25, 0.3) is 10.0 Å². The van der Waals surface area contributed by atoms with Crippen LogP contribution in [0.15, 0.2) is 65.1 Å². The zero-order valence-electron chi connectivity index (χ0n) is 15.3. The Labute approximate surface area is 168 Å². The molecule has 9 heteroatoms. The van der Waals surface area contributed by atoms with Crippen LogP contribution in [-0.2, 0) is 14.7 Å². The predicted octanol–water partition coefficient (Wildman–Crippen LogP) is 3.90. The molecule has 0 aliphatic heterocycles. The lowest BCUT2D eigenvalue weighted by atomic mass is 10.1. The maximum Gasteiger partial charge on any atom is 0.436 e. The van der Waals surface area contributed by atoms with Gasteiger partial charge in [-0.05, 0) is 48.4 Å². The lowest BCUT2D eigenvalue weighted by Crippen LogP contribution is -2.12. The Bertz CT molecular complexity index is 1230. The van der Waals surface area contributed by atoms with Gasteiger partial charge in [-0.2, -0.15) is 0 Å². The van der Waals surface area contributed by atoms with Gasteiger partial charge in [0.1, 0.15) is 0 Å². The van der Waals surface area contributed by atoms with Crippen molar-refractivity contribution in [3.8, 4) is 11.1 Å². The van der Waals surface area contributed by atoms with Crippen molar-refractivity contribution in [3.05, 3.63) is 65.8 Å². The third-order valence-corrected chi connectivity index (χ3v) is 6.90. The van der Waals surface area contributed by atoms with Gasteiger partial charge in [-0.3, -0.25) is 0 Å². The van der Waals surface area contributed by atoms with Crippen LogP contribution in [0.3, 0.4) is 0 Å². The Morgan fingerprint density at radius 3 is 2.71 bits per heavy atom. The van der Waals surface area contributed by atoms with Crippen molar-refractivity contribution in [2.75, 3.05) is 12.3 Å². The van der Waals surface area contributed by atoms with Crippen molar-refractivity contribution in [1.82, 2.24) is 8.96 Å². The summed E-state index contributed by atoms with van der Waals surface area (Å²) in [4.78, 5) is 4.57. The molecule has 3 aromatic heterocycles. The molecular formula is C19H17BN3O3S2. The summed E-state index contributed by atoms with van der Waals surface area (Å²) in [5, 5.41) is 6.75. The van der Waals surface area contributed by atoms with Crippen molar-refractivity contribution in [2.24, 2.45) is 0 Å². The molecule has 4 rings (SSSR count). The van der Waals surface area contributed by atoms with Crippen LogP contribution in [0.1, 0.15) is 5.56 Å². The summed E-state index contributed by atoms with van der Waals surface area (Å²) in [6, 6.07) is 12.5. The summed E-state index contributed by atoms with van der Waals surface area (Å²) in [5.41, 5.74) is 3.31. The summed E-state index contributed by atoms with van der Waals surface area (Å²) >= 11 is 1.54. The van der Waals surface area contributed by atoms with E-state index in [2.05, 4.69) is 10.2 Å². The Kier molecular flexibility index (Phi) is 4.97. The van der Waals surface area contributed by atoms with E-state index in [1.807, 2.05) is 24.4 Å². The van der Waals surface area contributed by atoms with Gasteiger partial charge in [-0.15, -0.1) is 11.3 Å². The van der Waals surface area contributed by atoms with Gasteiger partial charge in [-0.25, -0.2) is 17.4 Å². The first kappa shape index (κ1) is 18.7. The normalized spacial score (nSPS) is 11.6. The topological polar surface area (TPSA) is 73.2 Å². The summed E-state index contributed by atoms with van der Waals surface area (Å²) in [5.74, 6) is 0. The van der Waals surface area contributed by atoms with Gasteiger partial charge >= 0.3 is 7.62 Å². The minimum Gasteiger partial charge on any atom is -0.422 e. The van der Waals surface area contributed by atoms with Crippen LogP contribution in [0, 0.1) is 6.92 Å². The fraction of sp³-hybridized carbons (Fsp3) is 0.105. The van der Waals surface area contributed by atoms with Crippen LogP contribution >= 0.6 is 11.3 Å². The molecule has 0 fully saturated rings. The molecule has 1 aromatic carbocycles. The van der Waals surface area contributed by atoms with Crippen molar-refractivity contribution >= 4 is 45.0 Å². The molecule has 6 nitrogen and oxygen atoms in total. The van der Waals surface area contributed by atoms with E-state index >= 15 is 0 Å². The second kappa shape index (κ2) is 7.42. The Morgan fingerprint density at radius 1 is 1.18 bits per heavy atom. The fourth-order valence-corrected chi connectivity index (χ4v) is 5.02. The SMILES string of the molecule is CO[B]Nc1cc(-c2ccnc3c2ccn3S(=O)(=O)c2ccc(C)cc2)cs1. The van der Waals surface area contributed by atoms with E-state index < -0.39 is 10.0 Å². The molecule has 141 valence electrons. The van der Waals surface area contributed by atoms with Crippen LogP contribution in [-0.4, -0.2) is 32.1 Å². The number of rotatable bonds is 6. The summed E-state index contributed by atoms with van der Waals surface area (Å²) in [6.07, 6.45) is 3.19. The van der Waals surface area contributed by atoms with Crippen LogP contribution in [0.2, 0.25) is 0 Å². The maximum atomic E-state index is 13.1. The molecule has 1 N–H and O–H groups in total. The zero-order valence-corrected chi connectivity index (χ0v) is 16.9. The van der Waals surface area contributed by atoms with E-state index in [0.29, 0.717) is 5.65 Å². The molecule has 0 bridgehead atoms. The van der Waals surface area contributed by atoms with E-state index in [1.54, 1.807) is 49.8 Å². The molecule has 0 aliphatic carbocycles. The first-order valence-electron chi connectivity index (χ1n) is 8.49. The number of aromatic nitrogens is 2. The highest BCUT2D eigenvalue weighted by atomic mass is 32.2. The molecule has 4 aromatic rings. The molecule has 3 heterocycles. The number of fused-ring (bicyclic) bond motifs is 1. The Balaban J connectivity index is 1.79. The highest BCUT2D eigenvalue weighted by Gasteiger charge is 2.21. The van der Waals surface area contributed by atoms with E-state index in [4.69, 9.17) is 4.65 Å². The van der Waals surface area contributed by atoms with E-state index in [-0.39, 0.29) is 4.90 Å². The number of hydrogen-bond acceptors (Lipinski definition) is 6. The van der Waals surface area contributed by atoms with Crippen molar-refractivity contribution in [1.29, 1.82) is 0 Å². The standard InChI is InChI=1S/C19H17BN3O3S2/c1-13-3-5-15(6-4-13)28(24,25)23-10-8-17-16(7-9-21-19(17)23)14-11-18(27-12-14)22-20-26-2/h3-12,22H,1-2H3.